The molecule has 0 bridgehead atoms. The van der Waals surface area contributed by atoms with Gasteiger partial charge in [-0.3, -0.25) is 0 Å². The zero-order chi connectivity index (χ0) is 14.5. The highest BCUT2D eigenvalue weighted by atomic mass is 16.5. The second-order valence-electron chi connectivity index (χ2n) is 4.35. The van der Waals surface area contributed by atoms with E-state index in [4.69, 9.17) is 9.15 Å². The van der Waals surface area contributed by atoms with Gasteiger partial charge in [0, 0.05) is 5.56 Å². The number of hydrogen-bond acceptors (Lipinski definition) is 6. The number of ether oxygens (including phenoxy) is 1. The number of phenols is 1. The normalized spacial score (nSPS) is 12.3. The maximum Gasteiger partial charge on any atom is 0.247 e. The van der Waals surface area contributed by atoms with Crippen LogP contribution in [0.2, 0.25) is 0 Å². The SMILES string of the molecule is CCNC(CC)c1nnc(-c2ccc(OC)c(O)c2)o1. The molecule has 2 aromatic rings. The van der Waals surface area contributed by atoms with Crippen LogP contribution in [0.25, 0.3) is 11.5 Å². The molecule has 6 heteroatoms. The van der Waals surface area contributed by atoms with Crippen LogP contribution in [0.5, 0.6) is 11.5 Å². The first kappa shape index (κ1) is 14.3. The molecular weight excluding hydrogens is 258 g/mol. The van der Waals surface area contributed by atoms with Crippen molar-refractivity contribution in [3.63, 3.8) is 0 Å². The molecule has 1 atom stereocenters. The van der Waals surface area contributed by atoms with Crippen molar-refractivity contribution < 1.29 is 14.3 Å². The number of nitrogens with zero attached hydrogens (tertiary/aromatic N) is 2. The first-order valence-electron chi connectivity index (χ1n) is 6.63. The highest BCUT2D eigenvalue weighted by Crippen LogP contribution is 2.31. The van der Waals surface area contributed by atoms with Gasteiger partial charge in [0.15, 0.2) is 11.5 Å². The Kier molecular flexibility index (Phi) is 4.57. The molecule has 108 valence electrons. The molecule has 2 N–H and O–H groups in total. The minimum atomic E-state index is 0.0449. The number of aromatic nitrogens is 2. The van der Waals surface area contributed by atoms with Crippen molar-refractivity contribution >= 4 is 0 Å². The molecule has 1 aromatic heterocycles. The summed E-state index contributed by atoms with van der Waals surface area (Å²) in [5.74, 6) is 1.39. The Morgan fingerprint density at radius 1 is 1.35 bits per heavy atom. The third-order valence-electron chi connectivity index (χ3n) is 3.02. The maximum absolute atomic E-state index is 9.77. The number of rotatable bonds is 6. The van der Waals surface area contributed by atoms with Crippen molar-refractivity contribution in [2.45, 2.75) is 26.3 Å². The molecule has 1 unspecified atom stereocenters. The average molecular weight is 277 g/mol. The Bertz CT molecular complexity index is 569. The predicted molar refractivity (Wildman–Crippen MR) is 74.7 cm³/mol. The van der Waals surface area contributed by atoms with Crippen molar-refractivity contribution in [3.8, 4) is 23.0 Å². The van der Waals surface area contributed by atoms with E-state index < -0.39 is 0 Å². The van der Waals surface area contributed by atoms with Crippen LogP contribution in [0.3, 0.4) is 0 Å². The molecule has 1 heterocycles. The summed E-state index contributed by atoms with van der Waals surface area (Å²) in [6.07, 6.45) is 0.864. The summed E-state index contributed by atoms with van der Waals surface area (Å²) in [6, 6.07) is 5.03. The minimum absolute atomic E-state index is 0.0449. The highest BCUT2D eigenvalue weighted by Gasteiger charge is 2.17. The monoisotopic (exact) mass is 277 g/mol. The molecule has 0 amide bonds. The van der Waals surface area contributed by atoms with Crippen LogP contribution in [0.4, 0.5) is 0 Å². The number of aromatic hydroxyl groups is 1. The van der Waals surface area contributed by atoms with Gasteiger partial charge in [-0.15, -0.1) is 10.2 Å². The van der Waals surface area contributed by atoms with Crippen molar-refractivity contribution in [3.05, 3.63) is 24.1 Å². The van der Waals surface area contributed by atoms with Crippen molar-refractivity contribution in [1.82, 2.24) is 15.5 Å². The summed E-state index contributed by atoms with van der Waals surface area (Å²) in [5.41, 5.74) is 0.661. The van der Waals surface area contributed by atoms with E-state index in [-0.39, 0.29) is 11.8 Å². The molecule has 0 saturated heterocycles. The van der Waals surface area contributed by atoms with Gasteiger partial charge in [0.2, 0.25) is 11.8 Å². The van der Waals surface area contributed by atoms with Gasteiger partial charge in [-0.05, 0) is 31.2 Å². The van der Waals surface area contributed by atoms with Crippen molar-refractivity contribution in [1.29, 1.82) is 0 Å². The number of methoxy groups -OCH3 is 1. The van der Waals surface area contributed by atoms with Gasteiger partial charge in [0.25, 0.3) is 0 Å². The van der Waals surface area contributed by atoms with E-state index in [1.807, 2.05) is 6.92 Å². The Labute approximate surface area is 117 Å². The molecule has 0 aliphatic heterocycles. The summed E-state index contributed by atoms with van der Waals surface area (Å²) in [4.78, 5) is 0. The second-order valence-corrected chi connectivity index (χ2v) is 4.35. The fourth-order valence-corrected chi connectivity index (χ4v) is 1.97. The molecule has 0 spiro atoms. The van der Waals surface area contributed by atoms with Gasteiger partial charge in [-0.1, -0.05) is 13.8 Å². The van der Waals surface area contributed by atoms with Gasteiger partial charge in [-0.25, -0.2) is 0 Å². The molecular formula is C14H19N3O3. The summed E-state index contributed by atoms with van der Waals surface area (Å²) in [5, 5.41) is 21.1. The van der Waals surface area contributed by atoms with Gasteiger partial charge in [0.1, 0.15) is 0 Å². The molecule has 0 aliphatic rings. The van der Waals surface area contributed by atoms with Crippen LogP contribution in [0.1, 0.15) is 32.2 Å². The van der Waals surface area contributed by atoms with E-state index in [1.54, 1.807) is 18.2 Å². The molecule has 0 radical (unpaired) electrons. The molecule has 0 saturated carbocycles. The largest absolute Gasteiger partial charge is 0.504 e. The average Bonchev–Trinajstić information content (AvgIpc) is 2.94. The topological polar surface area (TPSA) is 80.4 Å². The molecule has 1 aromatic carbocycles. The molecule has 6 nitrogen and oxygen atoms in total. The van der Waals surface area contributed by atoms with Crippen LogP contribution in [-0.4, -0.2) is 29.0 Å². The fourth-order valence-electron chi connectivity index (χ4n) is 1.97. The van der Waals surface area contributed by atoms with E-state index in [2.05, 4.69) is 22.4 Å². The van der Waals surface area contributed by atoms with E-state index in [0.717, 1.165) is 13.0 Å². The van der Waals surface area contributed by atoms with Crippen LogP contribution in [0, 0.1) is 0 Å². The minimum Gasteiger partial charge on any atom is -0.504 e. The number of hydrogen-bond donors (Lipinski definition) is 2. The smallest absolute Gasteiger partial charge is 0.247 e. The first-order chi connectivity index (χ1) is 9.69. The lowest BCUT2D eigenvalue weighted by Crippen LogP contribution is -2.20. The molecule has 2 rings (SSSR count). The summed E-state index contributed by atoms with van der Waals surface area (Å²) >= 11 is 0. The maximum atomic E-state index is 9.77. The number of nitrogens with one attached hydrogen (secondary N) is 1. The number of benzene rings is 1. The van der Waals surface area contributed by atoms with Crippen LogP contribution < -0.4 is 10.1 Å². The quantitative estimate of drug-likeness (QED) is 0.844. The Balaban J connectivity index is 2.26. The first-order valence-corrected chi connectivity index (χ1v) is 6.63. The number of phenolic OH excluding ortho intramolecular Hbond substituents is 1. The summed E-state index contributed by atoms with van der Waals surface area (Å²) < 4.78 is 10.7. The lowest BCUT2D eigenvalue weighted by Gasteiger charge is -2.10. The van der Waals surface area contributed by atoms with Crippen LogP contribution in [-0.2, 0) is 0 Å². The van der Waals surface area contributed by atoms with Crippen LogP contribution in [0.15, 0.2) is 22.6 Å². The zero-order valence-corrected chi connectivity index (χ0v) is 11.9. The van der Waals surface area contributed by atoms with Gasteiger partial charge >= 0.3 is 0 Å². The lowest BCUT2D eigenvalue weighted by molar-refractivity contribution is 0.373. The Morgan fingerprint density at radius 2 is 2.15 bits per heavy atom. The van der Waals surface area contributed by atoms with Crippen LogP contribution >= 0.6 is 0 Å². The molecule has 20 heavy (non-hydrogen) atoms. The van der Waals surface area contributed by atoms with E-state index in [1.165, 1.54) is 7.11 Å². The van der Waals surface area contributed by atoms with Gasteiger partial charge in [0.05, 0.1) is 13.2 Å². The van der Waals surface area contributed by atoms with E-state index in [0.29, 0.717) is 23.1 Å². The third kappa shape index (κ3) is 2.91. The van der Waals surface area contributed by atoms with E-state index >= 15 is 0 Å². The Morgan fingerprint density at radius 3 is 2.75 bits per heavy atom. The fraction of sp³-hybridized carbons (Fsp3) is 0.429. The second kappa shape index (κ2) is 6.38. The van der Waals surface area contributed by atoms with Crippen molar-refractivity contribution in [2.24, 2.45) is 0 Å². The third-order valence-corrected chi connectivity index (χ3v) is 3.02. The van der Waals surface area contributed by atoms with Crippen molar-refractivity contribution in [2.75, 3.05) is 13.7 Å². The summed E-state index contributed by atoms with van der Waals surface area (Å²) in [7, 11) is 1.50. The molecule has 0 aliphatic carbocycles. The lowest BCUT2D eigenvalue weighted by atomic mass is 10.2. The van der Waals surface area contributed by atoms with Gasteiger partial charge < -0.3 is 19.6 Å². The summed E-state index contributed by atoms with van der Waals surface area (Å²) in [6.45, 7) is 4.91. The zero-order valence-electron chi connectivity index (χ0n) is 11.9. The van der Waals surface area contributed by atoms with Gasteiger partial charge in [-0.2, -0.15) is 0 Å². The Hall–Kier alpha value is -2.08. The molecule has 0 fully saturated rings. The van der Waals surface area contributed by atoms with E-state index in [9.17, 15) is 5.11 Å². The predicted octanol–water partition coefficient (Wildman–Crippen LogP) is 2.51. The standard InChI is InChI=1S/C14H19N3O3/c1-4-10(15-5-2)14-17-16-13(20-14)9-6-7-12(19-3)11(18)8-9/h6-8,10,15,18H,4-5H2,1-3H3. The highest BCUT2D eigenvalue weighted by molar-refractivity contribution is 5.59.